The molecular weight excluding hydrogens is 238 g/mol. The quantitative estimate of drug-likeness (QED) is 0.891. The van der Waals surface area contributed by atoms with Crippen molar-refractivity contribution in [2.75, 3.05) is 19.6 Å². The zero-order chi connectivity index (χ0) is 13.1. The predicted octanol–water partition coefficient (Wildman–Crippen LogP) is 1.51. The summed E-state index contributed by atoms with van der Waals surface area (Å²) in [5, 5.41) is 0. The monoisotopic (exact) mass is 256 g/mol. The number of benzene rings is 1. The molecule has 1 fully saturated rings. The van der Waals surface area contributed by atoms with Crippen molar-refractivity contribution in [3.63, 3.8) is 0 Å². The van der Waals surface area contributed by atoms with Crippen molar-refractivity contribution in [1.82, 2.24) is 4.90 Å². The number of ether oxygens (including phenoxy) is 1. The summed E-state index contributed by atoms with van der Waals surface area (Å²) in [5.74, 6) is -0.789. The SMILES string of the molecule is CC1CN(Cc2cc(F)ccc2F)CC(CN)O1. The van der Waals surface area contributed by atoms with E-state index < -0.39 is 5.82 Å². The summed E-state index contributed by atoms with van der Waals surface area (Å²) >= 11 is 0. The molecule has 3 nitrogen and oxygen atoms in total. The fraction of sp³-hybridized carbons (Fsp3) is 0.538. The van der Waals surface area contributed by atoms with Crippen molar-refractivity contribution >= 4 is 0 Å². The Morgan fingerprint density at radius 2 is 2.17 bits per heavy atom. The highest BCUT2D eigenvalue weighted by molar-refractivity contribution is 5.18. The van der Waals surface area contributed by atoms with Gasteiger partial charge in [0.05, 0.1) is 12.2 Å². The zero-order valence-corrected chi connectivity index (χ0v) is 10.4. The van der Waals surface area contributed by atoms with E-state index in [1.165, 1.54) is 6.07 Å². The molecule has 1 aliphatic heterocycles. The smallest absolute Gasteiger partial charge is 0.127 e. The molecule has 1 aromatic carbocycles. The van der Waals surface area contributed by atoms with Gasteiger partial charge in [-0.15, -0.1) is 0 Å². The van der Waals surface area contributed by atoms with Crippen LogP contribution in [-0.2, 0) is 11.3 Å². The minimum absolute atomic E-state index is 0.0367. The van der Waals surface area contributed by atoms with Crippen LogP contribution in [0.2, 0.25) is 0 Å². The van der Waals surface area contributed by atoms with Crippen molar-refractivity contribution in [1.29, 1.82) is 0 Å². The first-order valence-corrected chi connectivity index (χ1v) is 6.10. The van der Waals surface area contributed by atoms with Crippen LogP contribution in [-0.4, -0.2) is 36.7 Å². The van der Waals surface area contributed by atoms with Crippen LogP contribution in [0.5, 0.6) is 0 Å². The molecule has 0 bridgehead atoms. The highest BCUT2D eigenvalue weighted by Crippen LogP contribution is 2.16. The number of hydrogen-bond donors (Lipinski definition) is 1. The van der Waals surface area contributed by atoms with E-state index in [-0.39, 0.29) is 18.0 Å². The molecule has 0 spiro atoms. The average Bonchev–Trinajstić information content (AvgIpc) is 2.33. The standard InChI is InChI=1S/C13H18F2N2O/c1-9-6-17(8-12(5-16)18-9)7-10-4-11(14)2-3-13(10)15/h2-4,9,12H,5-8,16H2,1H3. The van der Waals surface area contributed by atoms with E-state index in [9.17, 15) is 8.78 Å². The highest BCUT2D eigenvalue weighted by atomic mass is 19.1. The third kappa shape index (κ3) is 3.25. The summed E-state index contributed by atoms with van der Waals surface area (Å²) in [7, 11) is 0. The van der Waals surface area contributed by atoms with E-state index >= 15 is 0 Å². The van der Waals surface area contributed by atoms with E-state index in [2.05, 4.69) is 0 Å². The Bertz CT molecular complexity index is 414. The summed E-state index contributed by atoms with van der Waals surface area (Å²) in [6.45, 7) is 4.13. The maximum atomic E-state index is 13.6. The average molecular weight is 256 g/mol. The molecule has 0 saturated carbocycles. The molecule has 1 aromatic rings. The van der Waals surface area contributed by atoms with Gasteiger partial charge in [-0.05, 0) is 25.1 Å². The molecule has 1 saturated heterocycles. The van der Waals surface area contributed by atoms with Gasteiger partial charge < -0.3 is 10.5 Å². The molecule has 2 unspecified atom stereocenters. The molecule has 2 rings (SSSR count). The Morgan fingerprint density at radius 1 is 1.39 bits per heavy atom. The third-order valence-corrected chi connectivity index (χ3v) is 3.07. The number of rotatable bonds is 3. The van der Waals surface area contributed by atoms with Crippen LogP contribution in [0.4, 0.5) is 8.78 Å². The normalized spacial score (nSPS) is 25.3. The molecule has 0 radical (unpaired) electrons. The van der Waals surface area contributed by atoms with Crippen molar-refractivity contribution in [2.24, 2.45) is 5.73 Å². The summed E-state index contributed by atoms with van der Waals surface area (Å²) in [4.78, 5) is 2.05. The molecular formula is C13H18F2N2O. The van der Waals surface area contributed by atoms with E-state index in [0.29, 0.717) is 31.7 Å². The largest absolute Gasteiger partial charge is 0.371 e. The molecule has 18 heavy (non-hydrogen) atoms. The molecule has 2 atom stereocenters. The summed E-state index contributed by atoms with van der Waals surface area (Å²) in [6.07, 6.45) is 0.0225. The van der Waals surface area contributed by atoms with E-state index in [0.717, 1.165) is 12.1 Å². The van der Waals surface area contributed by atoms with Crippen molar-refractivity contribution in [2.45, 2.75) is 25.7 Å². The summed E-state index contributed by atoms with van der Waals surface area (Å²) < 4.78 is 32.3. The lowest BCUT2D eigenvalue weighted by Gasteiger charge is -2.36. The fourth-order valence-electron chi connectivity index (χ4n) is 2.31. The van der Waals surface area contributed by atoms with Crippen LogP contribution >= 0.6 is 0 Å². The molecule has 2 N–H and O–H groups in total. The van der Waals surface area contributed by atoms with Gasteiger partial charge in [-0.2, -0.15) is 0 Å². The Labute approximate surface area is 106 Å². The molecule has 5 heteroatoms. The lowest BCUT2D eigenvalue weighted by molar-refractivity contribution is -0.0747. The fourth-order valence-corrected chi connectivity index (χ4v) is 2.31. The van der Waals surface area contributed by atoms with Crippen molar-refractivity contribution < 1.29 is 13.5 Å². The van der Waals surface area contributed by atoms with Gasteiger partial charge in [-0.3, -0.25) is 4.90 Å². The van der Waals surface area contributed by atoms with Crippen molar-refractivity contribution in [3.8, 4) is 0 Å². The molecule has 0 amide bonds. The van der Waals surface area contributed by atoms with Crippen LogP contribution in [0.3, 0.4) is 0 Å². The van der Waals surface area contributed by atoms with Crippen LogP contribution in [0.1, 0.15) is 12.5 Å². The number of halogens is 2. The number of morpholine rings is 1. The van der Waals surface area contributed by atoms with Gasteiger partial charge in [-0.25, -0.2) is 8.78 Å². The number of nitrogens with zero attached hydrogens (tertiary/aromatic N) is 1. The van der Waals surface area contributed by atoms with Gasteiger partial charge in [0.2, 0.25) is 0 Å². The maximum Gasteiger partial charge on any atom is 0.127 e. The lowest BCUT2D eigenvalue weighted by Crippen LogP contribution is -2.48. The Balaban J connectivity index is 2.06. The number of nitrogens with two attached hydrogens (primary N) is 1. The van der Waals surface area contributed by atoms with Gasteiger partial charge >= 0.3 is 0 Å². The molecule has 1 heterocycles. The van der Waals surface area contributed by atoms with Gasteiger partial charge in [-0.1, -0.05) is 0 Å². The molecule has 0 aliphatic carbocycles. The van der Waals surface area contributed by atoms with E-state index in [1.54, 1.807) is 0 Å². The Hall–Kier alpha value is -1.04. The van der Waals surface area contributed by atoms with Gasteiger partial charge in [0, 0.05) is 31.7 Å². The Morgan fingerprint density at radius 3 is 2.89 bits per heavy atom. The van der Waals surface area contributed by atoms with E-state index in [4.69, 9.17) is 10.5 Å². The van der Waals surface area contributed by atoms with Gasteiger partial charge in [0.15, 0.2) is 0 Å². The maximum absolute atomic E-state index is 13.6. The predicted molar refractivity (Wildman–Crippen MR) is 65.0 cm³/mol. The zero-order valence-electron chi connectivity index (χ0n) is 10.4. The molecule has 1 aliphatic rings. The first kappa shape index (κ1) is 13.4. The van der Waals surface area contributed by atoms with Crippen LogP contribution < -0.4 is 5.73 Å². The van der Waals surface area contributed by atoms with Crippen molar-refractivity contribution in [3.05, 3.63) is 35.4 Å². The molecule has 0 aromatic heterocycles. The summed E-state index contributed by atoms with van der Waals surface area (Å²) in [6, 6.07) is 3.53. The molecule has 100 valence electrons. The first-order valence-electron chi connectivity index (χ1n) is 6.10. The third-order valence-electron chi connectivity index (χ3n) is 3.07. The Kier molecular flexibility index (Phi) is 4.27. The second kappa shape index (κ2) is 5.73. The first-order chi connectivity index (χ1) is 8.58. The highest BCUT2D eigenvalue weighted by Gasteiger charge is 2.24. The minimum Gasteiger partial charge on any atom is -0.371 e. The van der Waals surface area contributed by atoms with Gasteiger partial charge in [0.1, 0.15) is 11.6 Å². The second-order valence-electron chi connectivity index (χ2n) is 4.73. The minimum atomic E-state index is -0.414. The topological polar surface area (TPSA) is 38.5 Å². The number of hydrogen-bond acceptors (Lipinski definition) is 3. The van der Waals surface area contributed by atoms with E-state index in [1.807, 2.05) is 11.8 Å². The van der Waals surface area contributed by atoms with Crippen LogP contribution in [0.25, 0.3) is 0 Å². The lowest BCUT2D eigenvalue weighted by atomic mass is 10.1. The van der Waals surface area contributed by atoms with Gasteiger partial charge in [0.25, 0.3) is 0 Å². The van der Waals surface area contributed by atoms with Crippen LogP contribution in [0.15, 0.2) is 18.2 Å². The van der Waals surface area contributed by atoms with Crippen LogP contribution in [0, 0.1) is 11.6 Å². The second-order valence-corrected chi connectivity index (χ2v) is 4.73. The summed E-state index contributed by atoms with van der Waals surface area (Å²) in [5.41, 5.74) is 5.96.